The lowest BCUT2D eigenvalue weighted by molar-refractivity contribution is -0.384. The number of nitro benzene ring substituents is 1. The molecule has 37 heavy (non-hydrogen) atoms. The van der Waals surface area contributed by atoms with Gasteiger partial charge in [-0.1, -0.05) is 6.07 Å². The van der Waals surface area contributed by atoms with Crippen LogP contribution in [0.3, 0.4) is 0 Å². The smallest absolute Gasteiger partial charge is 0.410 e. The zero-order chi connectivity index (χ0) is 26.2. The van der Waals surface area contributed by atoms with Gasteiger partial charge < -0.3 is 15.0 Å². The number of carbonyl (C=O) groups excluding carboxylic acids is 1. The van der Waals surface area contributed by atoms with Crippen LogP contribution in [0.25, 0.3) is 10.1 Å². The fourth-order valence-corrected chi connectivity index (χ4v) is 5.73. The van der Waals surface area contributed by atoms with Crippen molar-refractivity contribution in [3.05, 3.63) is 63.5 Å². The Kier molecular flexibility index (Phi) is 6.95. The molecule has 196 valence electrons. The molecule has 0 bridgehead atoms. The molecule has 2 atom stereocenters. The number of carbonyl (C=O) groups is 1. The second kappa shape index (κ2) is 10.2. The monoisotopic (exact) mass is 534 g/mol. The van der Waals surface area contributed by atoms with E-state index in [1.165, 1.54) is 41.7 Å². The van der Waals surface area contributed by atoms with Crippen molar-refractivity contribution in [2.75, 3.05) is 44.2 Å². The first-order valence-corrected chi connectivity index (χ1v) is 12.8. The topological polar surface area (TPSA) is 88.0 Å². The van der Waals surface area contributed by atoms with Crippen molar-refractivity contribution >= 4 is 38.9 Å². The van der Waals surface area contributed by atoms with Gasteiger partial charge in [-0.2, -0.15) is 13.2 Å². The van der Waals surface area contributed by atoms with Gasteiger partial charge in [0.05, 0.1) is 16.2 Å². The van der Waals surface area contributed by atoms with E-state index in [0.717, 1.165) is 56.3 Å². The summed E-state index contributed by atoms with van der Waals surface area (Å²) in [5.74, 6) is 1.12. The molecule has 8 nitrogen and oxygen atoms in total. The Hall–Kier alpha value is -3.38. The molecule has 1 saturated carbocycles. The van der Waals surface area contributed by atoms with Crippen molar-refractivity contribution < 1.29 is 27.6 Å². The molecular formula is C25H25F3N4O4S. The number of amides is 1. The molecule has 2 aliphatic rings. The van der Waals surface area contributed by atoms with Crippen LogP contribution in [0.2, 0.25) is 0 Å². The minimum Gasteiger partial charge on any atom is -0.410 e. The summed E-state index contributed by atoms with van der Waals surface area (Å²) in [4.78, 5) is 26.8. The number of nitrogens with one attached hydrogen (secondary N) is 1. The number of hydrogen-bond donors (Lipinski definition) is 1. The number of piperazine rings is 1. The number of halogens is 3. The molecule has 1 amide bonds. The largest absolute Gasteiger partial charge is 0.416 e. The van der Waals surface area contributed by atoms with Crippen LogP contribution in [0, 0.1) is 22.0 Å². The normalized spacial score (nSPS) is 20.1. The highest BCUT2D eigenvalue weighted by molar-refractivity contribution is 7.17. The molecule has 1 aliphatic carbocycles. The van der Waals surface area contributed by atoms with Crippen molar-refractivity contribution in [1.82, 2.24) is 10.2 Å². The third-order valence-corrected chi connectivity index (χ3v) is 7.86. The highest BCUT2D eigenvalue weighted by Gasteiger charge is 2.39. The van der Waals surface area contributed by atoms with Crippen LogP contribution in [-0.4, -0.2) is 55.2 Å². The average molecular weight is 535 g/mol. The second-order valence-electron chi connectivity index (χ2n) is 9.39. The van der Waals surface area contributed by atoms with Crippen molar-refractivity contribution in [2.45, 2.75) is 12.6 Å². The number of benzene rings is 2. The van der Waals surface area contributed by atoms with Crippen molar-refractivity contribution in [3.8, 4) is 5.75 Å². The van der Waals surface area contributed by atoms with E-state index in [9.17, 15) is 28.1 Å². The standard InChI is InChI=1S/C25H25F3N4O4S/c26-25(27,28)18-1-6-21-22(15-37-23(21)12-18)31-9-7-30(8-10-31)14-17-11-16(17)13-29-24(33)36-20-4-2-19(3-5-20)32(34)35/h1-6,12,15-17H,7-11,13-14H2,(H,29,33)/t16-,17?/m0/s1. The molecule has 1 unspecified atom stereocenters. The first-order valence-electron chi connectivity index (χ1n) is 11.9. The molecule has 1 N–H and O–H groups in total. The van der Waals surface area contributed by atoms with Crippen LogP contribution >= 0.6 is 11.3 Å². The molecule has 2 fully saturated rings. The van der Waals surface area contributed by atoms with Gasteiger partial charge in [0, 0.05) is 66.9 Å². The third-order valence-electron chi connectivity index (χ3n) is 6.92. The summed E-state index contributed by atoms with van der Waals surface area (Å²) in [5.41, 5.74) is 0.303. The Morgan fingerprint density at radius 2 is 1.84 bits per heavy atom. The summed E-state index contributed by atoms with van der Waals surface area (Å²) in [5, 5.41) is 16.3. The maximum atomic E-state index is 13.0. The van der Waals surface area contributed by atoms with E-state index in [1.807, 2.05) is 5.38 Å². The molecule has 0 spiro atoms. The zero-order valence-corrected chi connectivity index (χ0v) is 20.6. The van der Waals surface area contributed by atoms with Gasteiger partial charge in [0.1, 0.15) is 5.75 Å². The van der Waals surface area contributed by atoms with E-state index in [1.54, 1.807) is 6.07 Å². The number of rotatable bonds is 7. The van der Waals surface area contributed by atoms with Crippen molar-refractivity contribution in [3.63, 3.8) is 0 Å². The van der Waals surface area contributed by atoms with E-state index in [0.29, 0.717) is 23.1 Å². The molecule has 12 heteroatoms. The van der Waals surface area contributed by atoms with Gasteiger partial charge in [0.25, 0.3) is 5.69 Å². The number of ether oxygens (including phenoxy) is 1. The van der Waals surface area contributed by atoms with Crippen LogP contribution in [0.15, 0.2) is 47.8 Å². The zero-order valence-electron chi connectivity index (χ0n) is 19.7. The molecule has 1 aliphatic heterocycles. The van der Waals surface area contributed by atoms with Gasteiger partial charge in [0.2, 0.25) is 0 Å². The second-order valence-corrected chi connectivity index (χ2v) is 10.3. The average Bonchev–Trinajstić information content (AvgIpc) is 3.47. The van der Waals surface area contributed by atoms with Gasteiger partial charge in [-0.05, 0) is 42.5 Å². The number of alkyl halides is 3. The number of nitrogens with zero attached hydrogens (tertiary/aromatic N) is 3. The fourth-order valence-electron chi connectivity index (χ4n) is 4.72. The minimum atomic E-state index is -4.34. The Labute approximate surface area is 214 Å². The van der Waals surface area contributed by atoms with E-state index in [-0.39, 0.29) is 11.4 Å². The molecule has 3 aromatic rings. The van der Waals surface area contributed by atoms with Crippen molar-refractivity contribution in [1.29, 1.82) is 0 Å². The van der Waals surface area contributed by atoms with E-state index >= 15 is 0 Å². The van der Waals surface area contributed by atoms with Gasteiger partial charge in [0.15, 0.2) is 0 Å². The molecule has 1 aromatic heterocycles. The number of nitro groups is 1. The Morgan fingerprint density at radius 1 is 1.11 bits per heavy atom. The molecule has 0 radical (unpaired) electrons. The quantitative estimate of drug-likeness (QED) is 0.324. The fraction of sp³-hybridized carbons (Fsp3) is 0.400. The third kappa shape index (κ3) is 5.96. The van der Waals surface area contributed by atoms with Crippen LogP contribution in [-0.2, 0) is 6.18 Å². The highest BCUT2D eigenvalue weighted by Crippen LogP contribution is 2.40. The predicted molar refractivity (Wildman–Crippen MR) is 134 cm³/mol. The molecule has 2 heterocycles. The van der Waals surface area contributed by atoms with Crippen LogP contribution < -0.4 is 15.0 Å². The first-order chi connectivity index (χ1) is 17.7. The number of anilines is 1. The maximum absolute atomic E-state index is 13.0. The Morgan fingerprint density at radius 3 is 2.51 bits per heavy atom. The number of hydrogen-bond acceptors (Lipinski definition) is 7. The van der Waals surface area contributed by atoms with Crippen LogP contribution in [0.5, 0.6) is 5.75 Å². The lowest BCUT2D eigenvalue weighted by Gasteiger charge is -2.36. The van der Waals surface area contributed by atoms with E-state index in [4.69, 9.17) is 4.74 Å². The first kappa shape index (κ1) is 25.3. The van der Waals surface area contributed by atoms with Crippen LogP contribution in [0.4, 0.5) is 29.3 Å². The summed E-state index contributed by atoms with van der Waals surface area (Å²) in [6, 6.07) is 9.28. The Bertz CT molecular complexity index is 1290. The summed E-state index contributed by atoms with van der Waals surface area (Å²) in [7, 11) is 0. The number of thiophene rings is 1. The predicted octanol–water partition coefficient (Wildman–Crippen LogP) is 5.38. The van der Waals surface area contributed by atoms with E-state index < -0.39 is 22.8 Å². The van der Waals surface area contributed by atoms with Gasteiger partial charge in [-0.15, -0.1) is 11.3 Å². The summed E-state index contributed by atoms with van der Waals surface area (Å²) < 4.78 is 44.8. The SMILES string of the molecule is O=C(NC[C@@H]1CC1CN1CCN(c2csc3cc(C(F)(F)F)ccc23)CC1)Oc1ccc([N+](=O)[O-])cc1. The summed E-state index contributed by atoms with van der Waals surface area (Å²) in [6.07, 6.45) is -3.90. The Balaban J connectivity index is 1.04. The van der Waals surface area contributed by atoms with Gasteiger partial charge in [-0.25, -0.2) is 4.79 Å². The lowest BCUT2D eigenvalue weighted by atomic mass is 10.1. The van der Waals surface area contributed by atoms with Gasteiger partial charge >= 0.3 is 12.3 Å². The van der Waals surface area contributed by atoms with Gasteiger partial charge in [-0.3, -0.25) is 15.0 Å². The minimum absolute atomic E-state index is 0.0717. The molecule has 2 aromatic carbocycles. The molecule has 1 saturated heterocycles. The van der Waals surface area contributed by atoms with E-state index in [2.05, 4.69) is 15.1 Å². The molecular weight excluding hydrogens is 509 g/mol. The summed E-state index contributed by atoms with van der Waals surface area (Å²) >= 11 is 1.34. The highest BCUT2D eigenvalue weighted by atomic mass is 32.1. The van der Waals surface area contributed by atoms with Crippen molar-refractivity contribution in [2.24, 2.45) is 11.8 Å². The number of fused-ring (bicyclic) bond motifs is 1. The lowest BCUT2D eigenvalue weighted by Crippen LogP contribution is -2.47. The summed E-state index contributed by atoms with van der Waals surface area (Å²) in [6.45, 7) is 4.82. The number of non-ortho nitro benzene ring substituents is 1. The maximum Gasteiger partial charge on any atom is 0.416 e. The molecule has 5 rings (SSSR count). The van der Waals surface area contributed by atoms with Crippen LogP contribution in [0.1, 0.15) is 12.0 Å².